The van der Waals surface area contributed by atoms with Gasteiger partial charge in [-0.25, -0.2) is 0 Å². The predicted octanol–water partition coefficient (Wildman–Crippen LogP) is 19.7. The lowest BCUT2D eigenvalue weighted by Crippen LogP contribution is -2.74. The molecule has 0 atom stereocenters. The van der Waals surface area contributed by atoms with Crippen LogP contribution in [0.1, 0.15) is 5.56 Å². The maximum absolute atomic E-state index is 6.22. The van der Waals surface area contributed by atoms with Gasteiger partial charge in [0.25, 0.3) is 0 Å². The fourth-order valence-corrected chi connectivity index (χ4v) is 25.8. The SMILES string of the molecule is Cc1cc(-c2ccc3oc4ccccc4c3c2)cc(-c2ccc3c(c2)c2ccccc2n3-c2ccc([Si](c3ccccc3)(c3ccccc3)c3cccc(-c4cccc(-c5cccc(-c6cccc(-c7cccc([Si](c8ccccc8)(c8ccccc8)c8ccccc8)c7)c6)c5)c4)c3)cc2)c1. The van der Waals surface area contributed by atoms with E-state index in [0.29, 0.717) is 0 Å². The van der Waals surface area contributed by atoms with Crippen molar-refractivity contribution in [3.63, 3.8) is 0 Å². The van der Waals surface area contributed by atoms with Crippen LogP contribution in [0.2, 0.25) is 0 Å². The standard InChI is InChI=1S/C97H69NOSi2/c1-68-58-79(63-80(59-68)78-51-57-97-93(67-78)91-47-18-20-49-96(91)99-97)77-50-56-95-92(66-77)90-46-17-19-48-94(90)98(95)81-52-54-87(55-53-81)101(85-40-13-5-14-41-85,86-42-15-6-16-43-86)89-45-25-33-76(65-89)74-31-23-29-72(62-74)70-27-21-26-69(60-70)71-28-22-30-73(61-71)75-32-24-44-88(64-75)100(82-34-7-2-8-35-82,83-36-9-3-10-37-83)84-38-11-4-12-39-84/h2-67H,1H3. The fraction of sp³-hybridized carbons (Fsp3) is 0.0103. The Morgan fingerprint density at radius 1 is 0.198 bits per heavy atom. The zero-order valence-electron chi connectivity index (χ0n) is 56.0. The molecule has 0 radical (unpaired) electrons. The van der Waals surface area contributed by atoms with Crippen molar-refractivity contribution in [2.45, 2.75) is 6.92 Å². The molecule has 0 N–H and O–H groups in total. The first-order chi connectivity index (χ1) is 49.9. The Balaban J connectivity index is 0.681. The van der Waals surface area contributed by atoms with Gasteiger partial charge >= 0.3 is 0 Å². The number of aryl methyl sites for hydroxylation is 1. The maximum Gasteiger partial charge on any atom is 0.179 e. The van der Waals surface area contributed by atoms with Crippen LogP contribution in [0.5, 0.6) is 0 Å². The molecule has 0 unspecified atom stereocenters. The Morgan fingerprint density at radius 2 is 0.515 bits per heavy atom. The second-order valence-corrected chi connectivity index (χ2v) is 34.4. The molecule has 0 aliphatic rings. The molecule has 0 saturated heterocycles. The molecule has 0 fully saturated rings. The zero-order valence-corrected chi connectivity index (χ0v) is 58.0. The third kappa shape index (κ3) is 10.8. The Bertz CT molecular complexity index is 5940. The second kappa shape index (κ2) is 25.8. The number of furan rings is 1. The number of aromatic nitrogens is 1. The molecule has 2 nitrogen and oxygen atoms in total. The van der Waals surface area contributed by atoms with E-state index in [0.717, 1.165) is 27.6 Å². The summed E-state index contributed by atoms with van der Waals surface area (Å²) in [6.45, 7) is 2.20. The molecule has 0 amide bonds. The first kappa shape index (κ1) is 60.9. The van der Waals surface area contributed by atoms with Gasteiger partial charge in [-0.2, -0.15) is 0 Å². The Labute approximate surface area is 591 Å². The van der Waals surface area contributed by atoms with E-state index in [1.807, 2.05) is 12.1 Å². The number of nitrogens with zero attached hydrogens (tertiary/aromatic N) is 1. The van der Waals surface area contributed by atoms with E-state index in [2.05, 4.69) is 400 Å². The van der Waals surface area contributed by atoms with Crippen molar-refractivity contribution in [3.05, 3.63) is 406 Å². The smallest absolute Gasteiger partial charge is 0.179 e. The van der Waals surface area contributed by atoms with Crippen LogP contribution < -0.4 is 41.5 Å². The van der Waals surface area contributed by atoms with Crippen LogP contribution >= 0.6 is 0 Å². The molecule has 4 heteroatoms. The largest absolute Gasteiger partial charge is 0.456 e. The van der Waals surface area contributed by atoms with Crippen molar-refractivity contribution >= 4 is 101 Å². The van der Waals surface area contributed by atoms with Crippen LogP contribution in [0.25, 0.3) is 116 Å². The van der Waals surface area contributed by atoms with E-state index in [4.69, 9.17) is 4.42 Å². The summed E-state index contributed by atoms with van der Waals surface area (Å²) in [5.74, 6) is 0. The maximum atomic E-state index is 6.22. The van der Waals surface area contributed by atoms with Crippen molar-refractivity contribution in [2.75, 3.05) is 0 Å². The average molecular weight is 1320 g/mol. The van der Waals surface area contributed by atoms with E-state index >= 15 is 0 Å². The van der Waals surface area contributed by atoms with Gasteiger partial charge in [0.2, 0.25) is 0 Å². The number of fused-ring (bicyclic) bond motifs is 6. The number of benzene rings is 16. The molecule has 101 heavy (non-hydrogen) atoms. The molecule has 0 aliphatic heterocycles. The van der Waals surface area contributed by atoms with Crippen LogP contribution in [-0.2, 0) is 0 Å². The molecule has 0 aliphatic carbocycles. The molecule has 2 heterocycles. The van der Waals surface area contributed by atoms with E-state index in [1.165, 1.54) is 136 Å². The lowest BCUT2D eigenvalue weighted by molar-refractivity contribution is 0.669. The van der Waals surface area contributed by atoms with E-state index < -0.39 is 16.1 Å². The molecular formula is C97H69NOSi2. The van der Waals surface area contributed by atoms with Gasteiger partial charge in [0.05, 0.1) is 11.0 Å². The van der Waals surface area contributed by atoms with Crippen LogP contribution in [0, 0.1) is 6.92 Å². The van der Waals surface area contributed by atoms with E-state index in [-0.39, 0.29) is 0 Å². The highest BCUT2D eigenvalue weighted by Gasteiger charge is 2.43. The summed E-state index contributed by atoms with van der Waals surface area (Å²) >= 11 is 0. The molecule has 0 bridgehead atoms. The van der Waals surface area contributed by atoms with Gasteiger partial charge in [-0.3, -0.25) is 0 Å². The number of para-hydroxylation sites is 2. The van der Waals surface area contributed by atoms with Crippen molar-refractivity contribution in [1.82, 2.24) is 4.57 Å². The second-order valence-electron chi connectivity index (χ2n) is 26.8. The fourth-order valence-electron chi connectivity index (χ4n) is 16.3. The highest BCUT2D eigenvalue weighted by atomic mass is 28.3. The molecule has 16 aromatic carbocycles. The van der Waals surface area contributed by atoms with Crippen molar-refractivity contribution < 1.29 is 4.42 Å². The highest BCUT2D eigenvalue weighted by molar-refractivity contribution is 7.20. The number of rotatable bonds is 15. The molecule has 0 spiro atoms. The van der Waals surface area contributed by atoms with Crippen LogP contribution in [0.15, 0.2) is 405 Å². The van der Waals surface area contributed by atoms with Crippen molar-refractivity contribution in [1.29, 1.82) is 0 Å². The minimum absolute atomic E-state index is 0.906. The highest BCUT2D eigenvalue weighted by Crippen LogP contribution is 2.39. The van der Waals surface area contributed by atoms with Crippen LogP contribution in [0.4, 0.5) is 0 Å². The molecule has 18 aromatic rings. The first-order valence-corrected chi connectivity index (χ1v) is 38.9. The topological polar surface area (TPSA) is 18.1 Å². The number of hydrogen-bond acceptors (Lipinski definition) is 1. The lowest BCUT2D eigenvalue weighted by Gasteiger charge is -2.35. The van der Waals surface area contributed by atoms with Crippen molar-refractivity contribution in [3.8, 4) is 72.4 Å². The van der Waals surface area contributed by atoms with E-state index in [1.54, 1.807) is 0 Å². The quantitative estimate of drug-likeness (QED) is 0.0739. The molecule has 18 rings (SSSR count). The van der Waals surface area contributed by atoms with Gasteiger partial charge in [0.1, 0.15) is 11.2 Å². The van der Waals surface area contributed by atoms with Crippen LogP contribution in [-0.4, -0.2) is 20.7 Å². The predicted molar refractivity (Wildman–Crippen MR) is 433 cm³/mol. The first-order valence-electron chi connectivity index (χ1n) is 34.9. The summed E-state index contributed by atoms with van der Waals surface area (Å²) in [6, 6.07) is 150. The summed E-state index contributed by atoms with van der Waals surface area (Å²) in [4.78, 5) is 0. The molecule has 2 aromatic heterocycles. The minimum Gasteiger partial charge on any atom is -0.456 e. The average Bonchev–Trinajstić information content (AvgIpc) is 1.35. The summed E-state index contributed by atoms with van der Waals surface area (Å²) in [6.07, 6.45) is 0. The van der Waals surface area contributed by atoms with Gasteiger partial charge in [-0.15, -0.1) is 0 Å². The summed E-state index contributed by atoms with van der Waals surface area (Å²) < 4.78 is 8.67. The van der Waals surface area contributed by atoms with Gasteiger partial charge in [-0.1, -0.05) is 328 Å². The molecule has 0 saturated carbocycles. The van der Waals surface area contributed by atoms with Gasteiger partial charge < -0.3 is 8.98 Å². The monoisotopic (exact) mass is 1320 g/mol. The van der Waals surface area contributed by atoms with Crippen molar-refractivity contribution in [2.24, 2.45) is 0 Å². The number of hydrogen-bond donors (Lipinski definition) is 0. The third-order valence-electron chi connectivity index (χ3n) is 20.9. The van der Waals surface area contributed by atoms with E-state index in [9.17, 15) is 0 Å². The zero-order chi connectivity index (χ0) is 67.3. The molecular weight excluding hydrogens is 1250 g/mol. The lowest BCUT2D eigenvalue weighted by atomic mass is 9.95. The van der Waals surface area contributed by atoms with Gasteiger partial charge in [-0.05, 0) is 194 Å². The summed E-state index contributed by atoms with van der Waals surface area (Å²) in [7, 11) is -5.73. The minimum atomic E-state index is -3.00. The Kier molecular flexibility index (Phi) is 15.5. The molecule has 476 valence electrons. The summed E-state index contributed by atoms with van der Waals surface area (Å²) in [5.41, 5.74) is 20.7. The Hall–Kier alpha value is -12.4. The van der Waals surface area contributed by atoms with Gasteiger partial charge in [0, 0.05) is 27.2 Å². The normalized spacial score (nSPS) is 11.8. The van der Waals surface area contributed by atoms with Crippen LogP contribution in [0.3, 0.4) is 0 Å². The summed E-state index contributed by atoms with van der Waals surface area (Å²) in [5, 5.41) is 15.5. The third-order valence-corrected chi connectivity index (χ3v) is 30.4. The Morgan fingerprint density at radius 3 is 0.970 bits per heavy atom. The van der Waals surface area contributed by atoms with Gasteiger partial charge in [0.15, 0.2) is 16.1 Å².